The smallest absolute Gasteiger partial charge is 0.414 e. The number of carbonyl (C=O) groups excluding carboxylic acids is 2. The van der Waals surface area contributed by atoms with E-state index in [0.29, 0.717) is 55.6 Å². The van der Waals surface area contributed by atoms with Gasteiger partial charge in [0.05, 0.1) is 39.1 Å². The molecule has 3 aliphatic heterocycles. The number of halogens is 2. The molecule has 2 atom stereocenters. The molecule has 3 saturated heterocycles. The summed E-state index contributed by atoms with van der Waals surface area (Å²) in [6.45, 7) is 3.08. The highest BCUT2D eigenvalue weighted by Gasteiger charge is 2.37. The van der Waals surface area contributed by atoms with Crippen LogP contribution in [-0.2, 0) is 22.4 Å². The van der Waals surface area contributed by atoms with Gasteiger partial charge in [-0.3, -0.25) is 9.80 Å². The normalized spacial score (nSPS) is 18.5. The Kier molecular flexibility index (Phi) is 11.3. The van der Waals surface area contributed by atoms with Crippen LogP contribution < -0.4 is 24.1 Å². The number of nitrogens with zero attached hydrogens (tertiary/aromatic N) is 2. The number of carbonyl (C=O) groups is 2. The van der Waals surface area contributed by atoms with Crippen LogP contribution >= 0.6 is 23.2 Å². The number of esters is 1. The first-order chi connectivity index (χ1) is 24.3. The number of benzene rings is 3. The zero-order valence-electron chi connectivity index (χ0n) is 28.2. The number of amides is 1. The van der Waals surface area contributed by atoms with Gasteiger partial charge in [0.2, 0.25) is 0 Å². The fourth-order valence-corrected chi connectivity index (χ4v) is 7.07. The van der Waals surface area contributed by atoms with Gasteiger partial charge in [-0.1, -0.05) is 47.5 Å². The molecular weight excluding hydrogens is 681 g/mol. The van der Waals surface area contributed by atoms with Crippen molar-refractivity contribution in [2.45, 2.75) is 38.0 Å². The Balaban J connectivity index is 1.22. The summed E-state index contributed by atoms with van der Waals surface area (Å²) in [5.41, 5.74) is 3.07. The largest absolute Gasteiger partial charge is 0.497 e. The second-order valence-electron chi connectivity index (χ2n) is 12.4. The molecule has 7 rings (SSSR count). The fourth-order valence-electron chi connectivity index (χ4n) is 6.54. The number of nitrogens with one attached hydrogen (secondary N) is 1. The van der Waals surface area contributed by atoms with Crippen molar-refractivity contribution in [3.8, 4) is 17.2 Å². The van der Waals surface area contributed by atoms with Gasteiger partial charge >= 0.3 is 12.1 Å². The van der Waals surface area contributed by atoms with E-state index in [-0.39, 0.29) is 19.1 Å². The van der Waals surface area contributed by atoms with Gasteiger partial charge in [0.1, 0.15) is 28.0 Å². The molecule has 1 aromatic heterocycles. The highest BCUT2D eigenvalue weighted by molar-refractivity contribution is 6.35. The van der Waals surface area contributed by atoms with Crippen molar-refractivity contribution in [3.05, 3.63) is 111 Å². The summed E-state index contributed by atoms with van der Waals surface area (Å²) in [7, 11) is 4.68. The van der Waals surface area contributed by atoms with E-state index in [1.807, 2.05) is 18.2 Å². The van der Waals surface area contributed by atoms with E-state index in [9.17, 15) is 9.59 Å². The van der Waals surface area contributed by atoms with Crippen LogP contribution in [0.15, 0.2) is 79.1 Å². The number of ether oxygens (including phenoxy) is 5. The quantitative estimate of drug-likeness (QED) is 0.142. The Morgan fingerprint density at radius 1 is 0.900 bits per heavy atom. The van der Waals surface area contributed by atoms with Crippen LogP contribution in [0.3, 0.4) is 0 Å². The summed E-state index contributed by atoms with van der Waals surface area (Å²) >= 11 is 13.0. The van der Waals surface area contributed by atoms with E-state index in [1.165, 1.54) is 7.11 Å². The first-order valence-electron chi connectivity index (χ1n) is 16.5. The van der Waals surface area contributed by atoms with Gasteiger partial charge in [0.15, 0.2) is 23.9 Å². The van der Waals surface area contributed by atoms with Crippen molar-refractivity contribution >= 4 is 41.0 Å². The Morgan fingerprint density at radius 2 is 1.62 bits per heavy atom. The van der Waals surface area contributed by atoms with E-state index >= 15 is 0 Å². The molecule has 50 heavy (non-hydrogen) atoms. The van der Waals surface area contributed by atoms with Crippen LogP contribution in [0.1, 0.15) is 46.0 Å². The molecule has 3 aromatic carbocycles. The number of rotatable bonds is 12. The topological polar surface area (TPSA) is 101 Å². The lowest BCUT2D eigenvalue weighted by molar-refractivity contribution is -0.377. The average Bonchev–Trinajstić information content (AvgIpc) is 3.15. The molecule has 262 valence electrons. The summed E-state index contributed by atoms with van der Waals surface area (Å²) in [4.78, 5) is 34.2. The molecule has 0 radical (unpaired) electrons. The minimum Gasteiger partial charge on any atom is -0.497 e. The molecule has 3 fully saturated rings. The lowest BCUT2D eigenvalue weighted by atomic mass is 9.86. The van der Waals surface area contributed by atoms with E-state index in [2.05, 4.69) is 9.88 Å². The maximum absolute atomic E-state index is 13.7. The molecule has 0 saturated carbocycles. The van der Waals surface area contributed by atoms with Crippen molar-refractivity contribution in [2.75, 3.05) is 45.9 Å². The molecule has 0 spiro atoms. The molecular formula is C38H40Cl2N3O7+. The number of anilines is 1. The molecule has 4 heterocycles. The summed E-state index contributed by atoms with van der Waals surface area (Å²) < 4.78 is 28.6. The highest BCUT2D eigenvalue weighted by atomic mass is 35.5. The summed E-state index contributed by atoms with van der Waals surface area (Å²) in [6, 6.07) is 19.6. The molecule has 0 aliphatic carbocycles. The van der Waals surface area contributed by atoms with Crippen LogP contribution in [0.4, 0.5) is 10.5 Å². The Bertz CT molecular complexity index is 1790. The van der Waals surface area contributed by atoms with Crippen LogP contribution in [0.2, 0.25) is 10.0 Å². The van der Waals surface area contributed by atoms with Gasteiger partial charge in [-0.2, -0.15) is 0 Å². The van der Waals surface area contributed by atoms with Crippen molar-refractivity contribution in [3.63, 3.8) is 0 Å². The van der Waals surface area contributed by atoms with Gasteiger partial charge in [-0.15, -0.1) is 0 Å². The summed E-state index contributed by atoms with van der Waals surface area (Å²) in [5.74, 6) is 1.48. The Morgan fingerprint density at radius 3 is 2.26 bits per heavy atom. The molecule has 1 amide bonds. The molecule has 2 bridgehead atoms. The van der Waals surface area contributed by atoms with E-state index in [4.69, 9.17) is 46.9 Å². The molecule has 10 nitrogen and oxygen atoms in total. The number of aromatic nitrogens is 1. The Labute approximate surface area is 301 Å². The van der Waals surface area contributed by atoms with Crippen molar-refractivity contribution < 1.29 is 38.3 Å². The van der Waals surface area contributed by atoms with Crippen molar-refractivity contribution in [2.24, 2.45) is 5.92 Å². The van der Waals surface area contributed by atoms with Crippen molar-refractivity contribution in [1.82, 2.24) is 4.90 Å². The minimum atomic E-state index is -0.760. The van der Waals surface area contributed by atoms with Gasteiger partial charge < -0.3 is 23.7 Å². The fraction of sp³-hybridized carbons (Fsp3) is 0.342. The monoisotopic (exact) mass is 720 g/mol. The second-order valence-corrected chi connectivity index (χ2v) is 13.2. The molecule has 4 aromatic rings. The molecule has 1 N–H and O–H groups in total. The summed E-state index contributed by atoms with van der Waals surface area (Å²) in [5, 5.41) is 0.826. The number of hydrogen-bond donors (Lipinski definition) is 0. The number of aromatic amines is 1. The first-order valence-corrected chi connectivity index (χ1v) is 17.2. The predicted molar refractivity (Wildman–Crippen MR) is 189 cm³/mol. The SMILES string of the molecule is COc1cccc(N(Cc2ccc(C(=O)O[C@@H](Cc3c(Cl)c[nH+]cc3Cl)c3ccc(OC)c(OC)c3)cc2)C(=O)O[C@H]2CN3CCC2CC3)c1. The third-order valence-electron chi connectivity index (χ3n) is 9.38. The molecule has 0 unspecified atom stereocenters. The van der Waals surface area contributed by atoms with Crippen LogP contribution in [0, 0.1) is 5.92 Å². The standard InChI is InChI=1S/C38H39Cl2N3O7/c1-46-29-6-4-5-28(18-29)43(38(45)50-36-23-42-15-13-25(36)14-16-42)22-24-7-9-26(10-8-24)37(44)49-34(19-30-31(39)20-41-21-32(30)40)27-11-12-33(47-2)35(17-27)48-3/h4-12,17-18,20-21,25,34,36H,13-16,19,22-23H2,1-3H3/p+1/t34-,36-/m0/s1. The van der Waals surface area contributed by atoms with E-state index < -0.39 is 18.2 Å². The average molecular weight is 722 g/mol. The van der Waals surface area contributed by atoms with Gasteiger partial charge in [-0.05, 0) is 79.4 Å². The lowest BCUT2D eigenvalue weighted by Gasteiger charge is -2.44. The minimum absolute atomic E-state index is 0.146. The number of fused-ring (bicyclic) bond motifs is 3. The maximum Gasteiger partial charge on any atom is 0.414 e. The third-order valence-corrected chi connectivity index (χ3v) is 10.1. The predicted octanol–water partition coefficient (Wildman–Crippen LogP) is 7.21. The van der Waals surface area contributed by atoms with Gasteiger partial charge in [0.25, 0.3) is 0 Å². The van der Waals surface area contributed by atoms with Crippen LogP contribution in [0.25, 0.3) is 0 Å². The maximum atomic E-state index is 13.7. The van der Waals surface area contributed by atoms with Crippen molar-refractivity contribution in [1.29, 1.82) is 0 Å². The van der Waals surface area contributed by atoms with Crippen LogP contribution in [-0.4, -0.2) is 64.0 Å². The van der Waals surface area contributed by atoms with E-state index in [1.54, 1.807) is 80.0 Å². The number of methoxy groups -OCH3 is 3. The van der Waals surface area contributed by atoms with Gasteiger partial charge in [-0.25, -0.2) is 14.6 Å². The van der Waals surface area contributed by atoms with Crippen LogP contribution in [0.5, 0.6) is 17.2 Å². The first kappa shape index (κ1) is 35.3. The second kappa shape index (κ2) is 16.0. The number of H-pyrrole nitrogens is 1. The third kappa shape index (κ3) is 8.09. The Hall–Kier alpha value is -4.51. The number of hydrogen-bond acceptors (Lipinski definition) is 8. The lowest BCUT2D eigenvalue weighted by Crippen LogP contribution is -2.53. The van der Waals surface area contributed by atoms with E-state index in [0.717, 1.165) is 38.0 Å². The zero-order chi connectivity index (χ0) is 35.2. The number of pyridine rings is 1. The summed E-state index contributed by atoms with van der Waals surface area (Å²) in [6.07, 6.45) is 4.19. The van der Waals surface area contributed by atoms with Gasteiger partial charge in [0, 0.05) is 24.6 Å². The number of piperidine rings is 3. The molecule has 12 heteroatoms. The highest BCUT2D eigenvalue weighted by Crippen LogP contribution is 2.36. The molecule has 3 aliphatic rings. The zero-order valence-corrected chi connectivity index (χ0v) is 29.7.